The number of morpholine rings is 1. The molecule has 28 heavy (non-hydrogen) atoms. The van der Waals surface area contributed by atoms with Crippen LogP contribution in [0, 0.1) is 11.3 Å². The van der Waals surface area contributed by atoms with Crippen molar-refractivity contribution >= 4 is 28.4 Å². The van der Waals surface area contributed by atoms with Crippen LogP contribution in [0.15, 0.2) is 58.5 Å². The summed E-state index contributed by atoms with van der Waals surface area (Å²) in [6.45, 7) is 3.33. The molecule has 1 aromatic heterocycles. The molecule has 0 aliphatic carbocycles. The molecule has 6 heteroatoms. The molecule has 1 aliphatic heterocycles. The van der Waals surface area contributed by atoms with Crippen molar-refractivity contribution in [1.29, 1.82) is 5.26 Å². The Morgan fingerprint density at radius 2 is 1.82 bits per heavy atom. The normalized spacial score (nSPS) is 14.8. The minimum absolute atomic E-state index is 0.143. The van der Waals surface area contributed by atoms with Gasteiger partial charge in [0.15, 0.2) is 0 Å². The average molecular weight is 373 g/mol. The molecule has 140 valence electrons. The van der Waals surface area contributed by atoms with E-state index >= 15 is 0 Å². The number of fused-ring (bicyclic) bond motifs is 1. The second-order valence-corrected chi connectivity index (χ2v) is 6.58. The molecule has 4 rings (SSSR count). The zero-order valence-electron chi connectivity index (χ0n) is 15.2. The van der Waals surface area contributed by atoms with Gasteiger partial charge in [0.05, 0.1) is 13.2 Å². The molecule has 3 aromatic rings. The van der Waals surface area contributed by atoms with Crippen molar-refractivity contribution in [3.05, 3.63) is 59.9 Å². The van der Waals surface area contributed by atoms with Crippen molar-refractivity contribution < 1.29 is 13.9 Å². The zero-order chi connectivity index (χ0) is 19.5. The molecule has 2 aromatic carbocycles. The van der Waals surface area contributed by atoms with Gasteiger partial charge in [-0.15, -0.1) is 0 Å². The van der Waals surface area contributed by atoms with Gasteiger partial charge in [-0.25, -0.2) is 0 Å². The Hall–Kier alpha value is -3.56. The first-order valence-electron chi connectivity index (χ1n) is 9.02. The van der Waals surface area contributed by atoms with Crippen LogP contribution in [0.4, 0.5) is 5.69 Å². The Morgan fingerprint density at radius 1 is 1.07 bits per heavy atom. The third-order valence-electron chi connectivity index (χ3n) is 4.78. The number of furan rings is 1. The summed E-state index contributed by atoms with van der Waals surface area (Å²) in [7, 11) is 0. The van der Waals surface area contributed by atoms with Crippen LogP contribution in [0.2, 0.25) is 0 Å². The molecule has 1 aliphatic rings. The van der Waals surface area contributed by atoms with E-state index in [9.17, 15) is 4.79 Å². The monoisotopic (exact) mass is 373 g/mol. The highest BCUT2D eigenvalue weighted by atomic mass is 16.5. The van der Waals surface area contributed by atoms with Crippen molar-refractivity contribution in [2.75, 3.05) is 31.2 Å². The SMILES string of the molecule is N#C/C(=C\c1ccc(-c2ccc3cc(N4CCOCC4)ccc3c2)o1)C(N)=O. The van der Waals surface area contributed by atoms with Gasteiger partial charge in [0.1, 0.15) is 23.2 Å². The summed E-state index contributed by atoms with van der Waals surface area (Å²) in [5, 5.41) is 11.2. The summed E-state index contributed by atoms with van der Waals surface area (Å²) in [4.78, 5) is 13.5. The van der Waals surface area contributed by atoms with Gasteiger partial charge in [-0.2, -0.15) is 5.26 Å². The molecule has 1 amide bonds. The van der Waals surface area contributed by atoms with Crippen LogP contribution in [-0.4, -0.2) is 32.2 Å². The fourth-order valence-corrected chi connectivity index (χ4v) is 3.29. The number of nitrogens with zero attached hydrogens (tertiary/aromatic N) is 2. The first-order chi connectivity index (χ1) is 13.6. The smallest absolute Gasteiger partial charge is 0.259 e. The molecule has 2 heterocycles. The number of hydrogen-bond donors (Lipinski definition) is 1. The van der Waals surface area contributed by atoms with E-state index in [2.05, 4.69) is 35.2 Å². The number of carbonyl (C=O) groups excluding carboxylic acids is 1. The lowest BCUT2D eigenvalue weighted by molar-refractivity contribution is -0.114. The molecule has 2 N–H and O–H groups in total. The molecule has 0 atom stereocenters. The number of nitriles is 1. The van der Waals surface area contributed by atoms with Crippen LogP contribution in [0.5, 0.6) is 0 Å². The predicted octanol–water partition coefficient (Wildman–Crippen LogP) is 3.33. The van der Waals surface area contributed by atoms with Gasteiger partial charge in [-0.1, -0.05) is 18.2 Å². The maximum Gasteiger partial charge on any atom is 0.259 e. The van der Waals surface area contributed by atoms with E-state index in [0.29, 0.717) is 11.5 Å². The number of nitrogens with two attached hydrogens (primary N) is 1. The third-order valence-corrected chi connectivity index (χ3v) is 4.78. The number of primary amides is 1. The van der Waals surface area contributed by atoms with E-state index in [1.165, 1.54) is 11.8 Å². The molecule has 6 nitrogen and oxygen atoms in total. The fourth-order valence-electron chi connectivity index (χ4n) is 3.29. The number of amides is 1. The quantitative estimate of drug-likeness (QED) is 0.559. The maximum absolute atomic E-state index is 11.2. The molecular weight excluding hydrogens is 354 g/mol. The van der Waals surface area contributed by atoms with Crippen molar-refractivity contribution in [3.8, 4) is 17.4 Å². The Bertz CT molecular complexity index is 1100. The third kappa shape index (κ3) is 3.61. The summed E-state index contributed by atoms with van der Waals surface area (Å²) in [6, 6.07) is 17.8. The number of rotatable bonds is 4. The first kappa shape index (κ1) is 17.8. The topological polar surface area (TPSA) is 92.5 Å². The zero-order valence-corrected chi connectivity index (χ0v) is 15.2. The molecule has 1 saturated heterocycles. The second kappa shape index (κ2) is 7.59. The summed E-state index contributed by atoms with van der Waals surface area (Å²) >= 11 is 0. The van der Waals surface area contributed by atoms with Crippen LogP contribution in [0.3, 0.4) is 0 Å². The highest BCUT2D eigenvalue weighted by Gasteiger charge is 2.12. The van der Waals surface area contributed by atoms with E-state index in [-0.39, 0.29) is 5.57 Å². The van der Waals surface area contributed by atoms with E-state index in [1.54, 1.807) is 12.1 Å². The number of anilines is 1. The number of benzene rings is 2. The first-order valence-corrected chi connectivity index (χ1v) is 9.02. The van der Waals surface area contributed by atoms with Crippen molar-refractivity contribution in [2.24, 2.45) is 5.73 Å². The fraction of sp³-hybridized carbons (Fsp3) is 0.182. The van der Waals surface area contributed by atoms with Gasteiger partial charge < -0.3 is 19.8 Å². The van der Waals surface area contributed by atoms with Crippen LogP contribution >= 0.6 is 0 Å². The minimum Gasteiger partial charge on any atom is -0.457 e. The lowest BCUT2D eigenvalue weighted by Crippen LogP contribution is -2.36. The predicted molar refractivity (Wildman–Crippen MR) is 107 cm³/mol. The van der Waals surface area contributed by atoms with Gasteiger partial charge >= 0.3 is 0 Å². The van der Waals surface area contributed by atoms with E-state index < -0.39 is 5.91 Å². The maximum atomic E-state index is 11.2. The van der Waals surface area contributed by atoms with Crippen molar-refractivity contribution in [1.82, 2.24) is 0 Å². The van der Waals surface area contributed by atoms with Crippen LogP contribution < -0.4 is 10.6 Å². The Balaban J connectivity index is 1.62. The second-order valence-electron chi connectivity index (χ2n) is 6.58. The van der Waals surface area contributed by atoms with Gasteiger partial charge in [0.2, 0.25) is 0 Å². The van der Waals surface area contributed by atoms with Crippen molar-refractivity contribution in [3.63, 3.8) is 0 Å². The largest absolute Gasteiger partial charge is 0.457 e. The van der Waals surface area contributed by atoms with Crippen LogP contribution in [-0.2, 0) is 9.53 Å². The number of hydrogen-bond acceptors (Lipinski definition) is 5. The summed E-state index contributed by atoms with van der Waals surface area (Å²) in [6.07, 6.45) is 1.35. The van der Waals surface area contributed by atoms with E-state index in [1.807, 2.05) is 12.1 Å². The lowest BCUT2D eigenvalue weighted by atomic mass is 10.0. The van der Waals surface area contributed by atoms with Gasteiger partial charge in [-0.05, 0) is 41.1 Å². The summed E-state index contributed by atoms with van der Waals surface area (Å²) < 4.78 is 11.2. The number of ether oxygens (including phenoxy) is 1. The molecule has 0 radical (unpaired) electrons. The molecule has 0 saturated carbocycles. The Kier molecular flexibility index (Phi) is 4.83. The standard InChI is InChI=1S/C22H19N3O3/c23-14-18(22(24)26)13-20-5-6-21(28-20)17-2-1-16-12-19(4-3-15(16)11-17)25-7-9-27-10-8-25/h1-6,11-13H,7-10H2,(H2,24,26)/b18-13+. The van der Waals surface area contributed by atoms with Gasteiger partial charge in [0, 0.05) is 30.4 Å². The average Bonchev–Trinajstić information content (AvgIpc) is 3.20. The highest BCUT2D eigenvalue weighted by Crippen LogP contribution is 2.29. The molecule has 1 fully saturated rings. The van der Waals surface area contributed by atoms with Crippen LogP contribution in [0.25, 0.3) is 28.2 Å². The van der Waals surface area contributed by atoms with Gasteiger partial charge in [0.25, 0.3) is 5.91 Å². The lowest BCUT2D eigenvalue weighted by Gasteiger charge is -2.29. The molecular formula is C22H19N3O3. The highest BCUT2D eigenvalue weighted by molar-refractivity contribution is 6.00. The van der Waals surface area contributed by atoms with E-state index in [0.717, 1.165) is 42.6 Å². The van der Waals surface area contributed by atoms with E-state index in [4.69, 9.17) is 20.1 Å². The Morgan fingerprint density at radius 3 is 2.57 bits per heavy atom. The van der Waals surface area contributed by atoms with Crippen LogP contribution in [0.1, 0.15) is 5.76 Å². The summed E-state index contributed by atoms with van der Waals surface area (Å²) in [5.41, 5.74) is 7.13. The van der Waals surface area contributed by atoms with Gasteiger partial charge in [-0.3, -0.25) is 4.79 Å². The molecule has 0 unspecified atom stereocenters. The number of carbonyl (C=O) groups is 1. The molecule has 0 spiro atoms. The Labute approximate surface area is 162 Å². The van der Waals surface area contributed by atoms with Crippen molar-refractivity contribution in [2.45, 2.75) is 0 Å². The minimum atomic E-state index is -0.776. The molecule has 0 bridgehead atoms. The summed E-state index contributed by atoms with van der Waals surface area (Å²) in [5.74, 6) is 0.294.